The van der Waals surface area contributed by atoms with E-state index < -0.39 is 18.5 Å². The molecule has 2 fully saturated rings. The molecule has 3 atom stereocenters. The number of amides is 2. The molecular formula is C23H28N4O4S. The molecular weight excluding hydrogens is 428 g/mol. The van der Waals surface area contributed by atoms with Crippen molar-refractivity contribution < 1.29 is 19.1 Å². The fourth-order valence-corrected chi connectivity index (χ4v) is 5.19. The number of hydrazine groups is 1. The number of aromatic nitrogens is 1. The van der Waals surface area contributed by atoms with Crippen molar-refractivity contribution in [1.29, 1.82) is 0 Å². The van der Waals surface area contributed by atoms with E-state index in [1.54, 1.807) is 0 Å². The molecule has 1 aromatic carbocycles. The molecule has 2 aromatic rings. The van der Waals surface area contributed by atoms with Gasteiger partial charge in [-0.15, -0.1) is 11.3 Å². The highest BCUT2D eigenvalue weighted by Crippen LogP contribution is 2.35. The normalized spacial score (nSPS) is 23.3. The maximum Gasteiger partial charge on any atom is 0.307 e. The molecule has 4 rings (SSSR count). The molecule has 3 unspecified atom stereocenters. The monoisotopic (exact) mass is 456 g/mol. The lowest BCUT2D eigenvalue weighted by molar-refractivity contribution is -0.150. The van der Waals surface area contributed by atoms with Gasteiger partial charge in [0.25, 0.3) is 5.91 Å². The molecule has 2 heterocycles. The van der Waals surface area contributed by atoms with Crippen LogP contribution in [-0.4, -0.2) is 35.0 Å². The first-order chi connectivity index (χ1) is 15.5. The summed E-state index contributed by atoms with van der Waals surface area (Å²) in [5.74, 6) is -0.896. The van der Waals surface area contributed by atoms with Gasteiger partial charge in [-0.3, -0.25) is 19.8 Å². The minimum Gasteiger partial charge on any atom is -0.455 e. The van der Waals surface area contributed by atoms with E-state index in [2.05, 4.69) is 15.8 Å². The molecule has 32 heavy (non-hydrogen) atoms. The lowest BCUT2D eigenvalue weighted by atomic mass is 9.73. The molecule has 1 aromatic heterocycles. The lowest BCUT2D eigenvalue weighted by Gasteiger charge is -2.40. The number of rotatable bonds is 6. The Morgan fingerprint density at radius 1 is 1.22 bits per heavy atom. The third kappa shape index (κ3) is 5.52. The van der Waals surface area contributed by atoms with Crippen LogP contribution in [0, 0.1) is 18.8 Å². The first-order valence-corrected chi connectivity index (χ1v) is 11.9. The standard InChI is InChI=1S/C23H28N4O4S/c1-15-6-8-16(9-7-15)13-27-10-11-32-23(27)24-20(28)14-31-21(29)12-19-17-4-2-3-5-18(17)22(30)26-25-19/h6-11,17-19,25H,2-5,12-14H2,1H3,(H,26,30). The number of nitrogens with one attached hydrogen (secondary N) is 2. The van der Waals surface area contributed by atoms with Crippen molar-refractivity contribution in [2.75, 3.05) is 6.61 Å². The third-order valence-electron chi connectivity index (χ3n) is 6.15. The molecule has 2 aliphatic rings. The van der Waals surface area contributed by atoms with Gasteiger partial charge in [0, 0.05) is 30.1 Å². The summed E-state index contributed by atoms with van der Waals surface area (Å²) in [6, 6.07) is 8.02. The summed E-state index contributed by atoms with van der Waals surface area (Å²) < 4.78 is 7.09. The molecule has 8 nitrogen and oxygen atoms in total. The van der Waals surface area contributed by atoms with Crippen LogP contribution in [0.5, 0.6) is 0 Å². The Bertz CT molecular complexity index is 1040. The van der Waals surface area contributed by atoms with Gasteiger partial charge in [-0.2, -0.15) is 4.99 Å². The van der Waals surface area contributed by atoms with E-state index in [-0.39, 0.29) is 30.2 Å². The summed E-state index contributed by atoms with van der Waals surface area (Å²) in [7, 11) is 0. The fraction of sp³-hybridized carbons (Fsp3) is 0.478. The molecule has 0 bridgehead atoms. The van der Waals surface area contributed by atoms with E-state index in [4.69, 9.17) is 4.74 Å². The zero-order valence-corrected chi connectivity index (χ0v) is 18.9. The molecule has 9 heteroatoms. The van der Waals surface area contributed by atoms with Crippen LogP contribution in [0.1, 0.15) is 43.2 Å². The Kier molecular flexibility index (Phi) is 7.16. The predicted octanol–water partition coefficient (Wildman–Crippen LogP) is 2.08. The van der Waals surface area contributed by atoms with Gasteiger partial charge in [-0.1, -0.05) is 42.7 Å². The van der Waals surface area contributed by atoms with Crippen LogP contribution >= 0.6 is 11.3 Å². The molecule has 0 radical (unpaired) electrons. The predicted molar refractivity (Wildman–Crippen MR) is 119 cm³/mol. The maximum absolute atomic E-state index is 12.3. The van der Waals surface area contributed by atoms with Gasteiger partial charge < -0.3 is 9.30 Å². The Hall–Kier alpha value is -2.78. The molecule has 2 amide bonds. The maximum atomic E-state index is 12.3. The van der Waals surface area contributed by atoms with Gasteiger partial charge in [-0.25, -0.2) is 5.43 Å². The minimum atomic E-state index is -0.501. The Labute approximate surface area is 190 Å². The smallest absolute Gasteiger partial charge is 0.307 e. The second kappa shape index (κ2) is 10.2. The number of hydrogen-bond donors (Lipinski definition) is 2. The van der Waals surface area contributed by atoms with Crippen molar-refractivity contribution in [3.63, 3.8) is 0 Å². The highest BCUT2D eigenvalue weighted by molar-refractivity contribution is 7.07. The van der Waals surface area contributed by atoms with E-state index in [1.807, 2.05) is 47.3 Å². The lowest BCUT2D eigenvalue weighted by Crippen LogP contribution is -2.59. The molecule has 0 spiro atoms. The fourth-order valence-electron chi connectivity index (χ4n) is 4.45. The van der Waals surface area contributed by atoms with Crippen LogP contribution in [0.15, 0.2) is 40.8 Å². The van der Waals surface area contributed by atoms with Crippen LogP contribution in [0.3, 0.4) is 0 Å². The molecule has 1 aliphatic heterocycles. The number of carbonyl (C=O) groups excluding carboxylic acids is 3. The molecule has 1 aliphatic carbocycles. The Balaban J connectivity index is 1.31. The third-order valence-corrected chi connectivity index (χ3v) is 6.95. The molecule has 1 saturated carbocycles. The number of aryl methyl sites for hydroxylation is 1. The van der Waals surface area contributed by atoms with Gasteiger partial charge in [-0.05, 0) is 31.2 Å². The first kappa shape index (κ1) is 22.4. The van der Waals surface area contributed by atoms with Crippen molar-refractivity contribution >= 4 is 29.1 Å². The topological polar surface area (TPSA) is 102 Å². The van der Waals surface area contributed by atoms with Crippen LogP contribution in [-0.2, 0) is 25.7 Å². The highest BCUT2D eigenvalue weighted by atomic mass is 32.1. The molecule has 1 saturated heterocycles. The summed E-state index contributed by atoms with van der Waals surface area (Å²) in [5.41, 5.74) is 7.93. The Morgan fingerprint density at radius 2 is 2.00 bits per heavy atom. The van der Waals surface area contributed by atoms with Gasteiger partial charge in [0.05, 0.1) is 6.42 Å². The average Bonchev–Trinajstić information content (AvgIpc) is 3.22. The largest absolute Gasteiger partial charge is 0.455 e. The minimum absolute atomic E-state index is 0.00295. The number of esters is 1. The zero-order chi connectivity index (χ0) is 22.5. The van der Waals surface area contributed by atoms with Gasteiger partial charge >= 0.3 is 5.97 Å². The van der Waals surface area contributed by atoms with Crippen molar-refractivity contribution in [3.05, 3.63) is 51.8 Å². The number of fused-ring (bicyclic) bond motifs is 1. The van der Waals surface area contributed by atoms with Crippen molar-refractivity contribution in [2.24, 2.45) is 16.8 Å². The highest BCUT2D eigenvalue weighted by Gasteiger charge is 2.40. The molecule has 2 N–H and O–H groups in total. The first-order valence-electron chi connectivity index (χ1n) is 11.0. The Morgan fingerprint density at radius 3 is 2.81 bits per heavy atom. The summed E-state index contributed by atoms with van der Waals surface area (Å²) in [5, 5.41) is 1.87. The quantitative estimate of drug-likeness (QED) is 0.648. The van der Waals surface area contributed by atoms with Gasteiger partial charge in [0.1, 0.15) is 0 Å². The van der Waals surface area contributed by atoms with E-state index in [0.29, 0.717) is 11.3 Å². The second-order valence-corrected chi connectivity index (χ2v) is 9.34. The van der Waals surface area contributed by atoms with Crippen LogP contribution < -0.4 is 15.7 Å². The number of benzene rings is 1. The summed E-state index contributed by atoms with van der Waals surface area (Å²) >= 11 is 1.36. The van der Waals surface area contributed by atoms with E-state index in [9.17, 15) is 14.4 Å². The summed E-state index contributed by atoms with van der Waals surface area (Å²) in [4.78, 5) is 41.4. The zero-order valence-electron chi connectivity index (χ0n) is 18.1. The number of thiazole rings is 1. The average molecular weight is 457 g/mol. The number of ether oxygens (including phenoxy) is 1. The molecule has 170 valence electrons. The van der Waals surface area contributed by atoms with E-state index in [0.717, 1.165) is 31.2 Å². The van der Waals surface area contributed by atoms with Gasteiger partial charge in [0.15, 0.2) is 11.4 Å². The van der Waals surface area contributed by atoms with Crippen molar-refractivity contribution in [2.45, 2.75) is 51.6 Å². The van der Waals surface area contributed by atoms with Crippen molar-refractivity contribution in [3.8, 4) is 0 Å². The van der Waals surface area contributed by atoms with Crippen molar-refractivity contribution in [1.82, 2.24) is 15.4 Å². The van der Waals surface area contributed by atoms with E-state index >= 15 is 0 Å². The van der Waals surface area contributed by atoms with Crippen LogP contribution in [0.2, 0.25) is 0 Å². The summed E-state index contributed by atoms with van der Waals surface area (Å²) in [6.07, 6.45) is 5.85. The SMILES string of the molecule is Cc1ccc(Cn2ccsc2=NC(=O)COC(=O)CC2NNC(=O)C3CCCCC23)cc1. The van der Waals surface area contributed by atoms with Crippen LogP contribution in [0.4, 0.5) is 0 Å². The van der Waals surface area contributed by atoms with E-state index in [1.165, 1.54) is 16.9 Å². The number of nitrogens with zero attached hydrogens (tertiary/aromatic N) is 2. The number of carbonyl (C=O) groups is 3. The second-order valence-electron chi connectivity index (χ2n) is 8.46. The summed E-state index contributed by atoms with van der Waals surface area (Å²) in [6.45, 7) is 2.25. The van der Waals surface area contributed by atoms with Gasteiger partial charge in [0.2, 0.25) is 5.91 Å². The number of hydrogen-bond acceptors (Lipinski definition) is 6. The van der Waals surface area contributed by atoms with Crippen LogP contribution in [0.25, 0.3) is 0 Å².